The van der Waals surface area contributed by atoms with Crippen molar-refractivity contribution in [1.82, 2.24) is 9.78 Å². The monoisotopic (exact) mass is 472 g/mol. The Morgan fingerprint density at radius 3 is 2.55 bits per heavy atom. The molecular formula is C21H18BrClN4O2. The summed E-state index contributed by atoms with van der Waals surface area (Å²) in [6.45, 7) is 2.01. The number of aryl methyl sites for hydroxylation is 1. The fraction of sp³-hybridized carbons (Fsp3) is 0.190. The molecule has 4 rings (SSSR count). The molecule has 0 fully saturated rings. The molecule has 0 aliphatic carbocycles. The fourth-order valence-electron chi connectivity index (χ4n) is 3.41. The van der Waals surface area contributed by atoms with E-state index in [0.717, 1.165) is 21.3 Å². The van der Waals surface area contributed by atoms with Crippen molar-refractivity contribution in [3.63, 3.8) is 0 Å². The molecule has 2 heterocycles. The number of benzene rings is 2. The van der Waals surface area contributed by atoms with Crippen LogP contribution in [-0.2, 0) is 16.0 Å². The molecule has 1 aliphatic rings. The first-order valence-electron chi connectivity index (χ1n) is 9.20. The van der Waals surface area contributed by atoms with E-state index in [0.29, 0.717) is 22.9 Å². The molecule has 1 unspecified atom stereocenters. The van der Waals surface area contributed by atoms with Crippen LogP contribution in [0.1, 0.15) is 25.1 Å². The third-order valence-electron chi connectivity index (χ3n) is 4.80. The number of hydrogen-bond donors (Lipinski definition) is 2. The smallest absolute Gasteiger partial charge is 0.251 e. The summed E-state index contributed by atoms with van der Waals surface area (Å²) in [4.78, 5) is 25.1. The van der Waals surface area contributed by atoms with Crippen molar-refractivity contribution in [1.29, 1.82) is 0 Å². The van der Waals surface area contributed by atoms with Crippen LogP contribution in [0, 0.1) is 0 Å². The van der Waals surface area contributed by atoms with Crippen molar-refractivity contribution >= 4 is 50.9 Å². The highest BCUT2D eigenvalue weighted by atomic mass is 79.9. The quantitative estimate of drug-likeness (QED) is 0.544. The van der Waals surface area contributed by atoms with E-state index in [-0.39, 0.29) is 18.2 Å². The molecule has 6 nitrogen and oxygen atoms in total. The Kier molecular flexibility index (Phi) is 5.43. The SMILES string of the molecule is CCc1nn2c(c1-c1ccc(Cl)cc1)NC(=O)C2CC(=O)Nc1ccc(Br)cc1. The van der Waals surface area contributed by atoms with Gasteiger partial charge in [-0.15, -0.1) is 0 Å². The van der Waals surface area contributed by atoms with E-state index in [9.17, 15) is 9.59 Å². The van der Waals surface area contributed by atoms with Gasteiger partial charge in [-0.3, -0.25) is 9.59 Å². The molecule has 0 saturated carbocycles. The molecule has 2 amide bonds. The number of nitrogens with zero attached hydrogens (tertiary/aromatic N) is 2. The molecule has 1 aromatic heterocycles. The minimum absolute atomic E-state index is 0.000209. The number of amides is 2. The number of aromatic nitrogens is 2. The van der Waals surface area contributed by atoms with Crippen LogP contribution in [0.2, 0.25) is 5.02 Å². The molecule has 0 radical (unpaired) electrons. The zero-order valence-corrected chi connectivity index (χ0v) is 17.9. The van der Waals surface area contributed by atoms with E-state index >= 15 is 0 Å². The van der Waals surface area contributed by atoms with Gasteiger partial charge in [-0.25, -0.2) is 4.68 Å². The summed E-state index contributed by atoms with van der Waals surface area (Å²) >= 11 is 9.37. The van der Waals surface area contributed by atoms with Gasteiger partial charge in [0.25, 0.3) is 5.91 Å². The Morgan fingerprint density at radius 1 is 1.21 bits per heavy atom. The van der Waals surface area contributed by atoms with Crippen LogP contribution >= 0.6 is 27.5 Å². The first-order valence-corrected chi connectivity index (χ1v) is 10.4. The Hall–Kier alpha value is -2.64. The Balaban J connectivity index is 1.60. The van der Waals surface area contributed by atoms with Crippen LogP contribution in [0.4, 0.5) is 11.5 Å². The lowest BCUT2D eigenvalue weighted by Gasteiger charge is -2.10. The number of fused-ring (bicyclic) bond motifs is 1. The van der Waals surface area contributed by atoms with Crippen LogP contribution in [-0.4, -0.2) is 21.6 Å². The summed E-state index contributed by atoms with van der Waals surface area (Å²) in [5.74, 6) is 0.133. The van der Waals surface area contributed by atoms with Gasteiger partial charge >= 0.3 is 0 Å². The summed E-state index contributed by atoms with van der Waals surface area (Å²) in [6.07, 6.45) is 0.700. The highest BCUT2D eigenvalue weighted by Gasteiger charge is 2.36. The summed E-state index contributed by atoms with van der Waals surface area (Å²) < 4.78 is 2.56. The van der Waals surface area contributed by atoms with Crippen molar-refractivity contribution in [3.8, 4) is 11.1 Å². The van der Waals surface area contributed by atoms with Gasteiger partial charge in [-0.2, -0.15) is 5.10 Å². The van der Waals surface area contributed by atoms with Gasteiger partial charge in [-0.1, -0.05) is 46.6 Å². The predicted octanol–water partition coefficient (Wildman–Crippen LogP) is 5.05. The zero-order valence-electron chi connectivity index (χ0n) is 15.6. The fourth-order valence-corrected chi connectivity index (χ4v) is 3.80. The van der Waals surface area contributed by atoms with E-state index < -0.39 is 6.04 Å². The zero-order chi connectivity index (χ0) is 20.5. The molecule has 29 heavy (non-hydrogen) atoms. The normalized spacial score (nSPS) is 15.1. The van der Waals surface area contributed by atoms with Gasteiger partial charge in [0.15, 0.2) is 0 Å². The van der Waals surface area contributed by atoms with E-state index in [1.165, 1.54) is 0 Å². The van der Waals surface area contributed by atoms with Gasteiger partial charge in [0, 0.05) is 20.7 Å². The van der Waals surface area contributed by atoms with Gasteiger partial charge in [0.1, 0.15) is 11.9 Å². The number of halogens is 2. The lowest BCUT2D eigenvalue weighted by molar-refractivity contribution is -0.123. The minimum Gasteiger partial charge on any atom is -0.326 e. The first-order chi connectivity index (χ1) is 14.0. The summed E-state index contributed by atoms with van der Waals surface area (Å²) in [5.41, 5.74) is 3.33. The van der Waals surface area contributed by atoms with Crippen molar-refractivity contribution in [3.05, 3.63) is 63.7 Å². The van der Waals surface area contributed by atoms with Crippen molar-refractivity contribution < 1.29 is 9.59 Å². The molecule has 3 aromatic rings. The number of nitrogens with one attached hydrogen (secondary N) is 2. The van der Waals surface area contributed by atoms with E-state index in [4.69, 9.17) is 11.6 Å². The number of anilines is 2. The molecule has 2 aromatic carbocycles. The minimum atomic E-state index is -0.688. The van der Waals surface area contributed by atoms with Crippen LogP contribution in [0.3, 0.4) is 0 Å². The molecule has 1 aliphatic heterocycles. The van der Waals surface area contributed by atoms with Crippen LogP contribution in [0.15, 0.2) is 53.0 Å². The second-order valence-electron chi connectivity index (χ2n) is 6.74. The van der Waals surface area contributed by atoms with Gasteiger partial charge in [0.05, 0.1) is 12.1 Å². The maximum Gasteiger partial charge on any atom is 0.251 e. The van der Waals surface area contributed by atoms with Crippen LogP contribution in [0.5, 0.6) is 0 Å². The predicted molar refractivity (Wildman–Crippen MR) is 117 cm³/mol. The Bertz CT molecular complexity index is 1080. The number of hydrogen-bond acceptors (Lipinski definition) is 3. The van der Waals surface area contributed by atoms with E-state index in [1.807, 2.05) is 31.2 Å². The average molecular weight is 474 g/mol. The van der Waals surface area contributed by atoms with Crippen molar-refractivity contribution in [2.45, 2.75) is 25.8 Å². The van der Waals surface area contributed by atoms with Crippen molar-refractivity contribution in [2.24, 2.45) is 0 Å². The topological polar surface area (TPSA) is 76.0 Å². The molecular weight excluding hydrogens is 456 g/mol. The van der Waals surface area contributed by atoms with Gasteiger partial charge in [0.2, 0.25) is 5.91 Å². The number of carbonyl (C=O) groups is 2. The van der Waals surface area contributed by atoms with Crippen LogP contribution < -0.4 is 10.6 Å². The molecule has 1 atom stereocenters. The molecule has 8 heteroatoms. The molecule has 0 spiro atoms. The summed E-state index contributed by atoms with van der Waals surface area (Å²) in [5, 5.41) is 11.0. The first kappa shape index (κ1) is 19.7. The molecule has 2 N–H and O–H groups in total. The number of rotatable bonds is 5. The highest BCUT2D eigenvalue weighted by molar-refractivity contribution is 9.10. The second kappa shape index (κ2) is 8.00. The van der Waals surface area contributed by atoms with Gasteiger partial charge < -0.3 is 10.6 Å². The number of carbonyl (C=O) groups excluding carboxylic acids is 2. The lowest BCUT2D eigenvalue weighted by atomic mass is 10.0. The molecule has 0 saturated heterocycles. The summed E-state index contributed by atoms with van der Waals surface area (Å²) in [7, 11) is 0. The molecule has 0 bridgehead atoms. The standard InChI is InChI=1S/C21H18BrClN4O2/c1-2-16-19(12-3-7-14(23)8-4-12)20-25-21(29)17(27(20)26-16)11-18(28)24-15-9-5-13(22)6-10-15/h3-10,17H,2,11H2,1H3,(H,24,28)(H,25,29). The Labute approximate surface area is 181 Å². The van der Waals surface area contributed by atoms with E-state index in [2.05, 4.69) is 31.7 Å². The van der Waals surface area contributed by atoms with E-state index in [1.54, 1.807) is 28.9 Å². The maximum absolute atomic E-state index is 12.6. The third kappa shape index (κ3) is 3.93. The molecule has 148 valence electrons. The lowest BCUT2D eigenvalue weighted by Crippen LogP contribution is -2.23. The largest absolute Gasteiger partial charge is 0.326 e. The average Bonchev–Trinajstić information content (AvgIpc) is 3.20. The van der Waals surface area contributed by atoms with Gasteiger partial charge in [-0.05, 0) is 48.4 Å². The highest BCUT2D eigenvalue weighted by Crippen LogP contribution is 2.39. The summed E-state index contributed by atoms with van der Waals surface area (Å²) in [6, 6.07) is 14.0. The third-order valence-corrected chi connectivity index (χ3v) is 5.58. The Morgan fingerprint density at radius 2 is 1.90 bits per heavy atom. The van der Waals surface area contributed by atoms with Crippen LogP contribution in [0.25, 0.3) is 11.1 Å². The van der Waals surface area contributed by atoms with Crippen molar-refractivity contribution in [2.75, 3.05) is 10.6 Å². The maximum atomic E-state index is 12.6. The second-order valence-corrected chi connectivity index (χ2v) is 8.09.